The van der Waals surface area contributed by atoms with Crippen molar-refractivity contribution in [3.63, 3.8) is 0 Å². The standard InChI is InChI=1S/C15H18N4O.ClH/c1-10-7-14(18-17-10)15(20)19-8-12(13(16)9-19)11-5-3-2-4-6-11;/h2-7,12-13H,8-9,16H2,1H3,(H,17,18);1H/t12-,13+;/m0./s1. The number of aromatic nitrogens is 2. The second-order valence-electron chi connectivity index (χ2n) is 5.33. The van der Waals surface area contributed by atoms with Crippen LogP contribution in [-0.2, 0) is 0 Å². The lowest BCUT2D eigenvalue weighted by atomic mass is 9.95. The van der Waals surface area contributed by atoms with E-state index < -0.39 is 0 Å². The number of nitrogens with zero attached hydrogens (tertiary/aromatic N) is 2. The number of rotatable bonds is 2. The molecule has 3 rings (SSSR count). The normalized spacial score (nSPS) is 21.1. The maximum absolute atomic E-state index is 12.4. The highest BCUT2D eigenvalue weighted by molar-refractivity contribution is 5.92. The predicted molar refractivity (Wildman–Crippen MR) is 83.6 cm³/mol. The molecule has 0 radical (unpaired) electrons. The number of carbonyl (C=O) groups is 1. The number of likely N-dealkylation sites (tertiary alicyclic amines) is 1. The maximum atomic E-state index is 12.4. The summed E-state index contributed by atoms with van der Waals surface area (Å²) in [6.45, 7) is 3.10. The molecule has 3 N–H and O–H groups in total. The van der Waals surface area contributed by atoms with Gasteiger partial charge < -0.3 is 10.6 Å². The van der Waals surface area contributed by atoms with Crippen molar-refractivity contribution in [2.75, 3.05) is 13.1 Å². The van der Waals surface area contributed by atoms with Crippen LogP contribution in [0.1, 0.15) is 27.7 Å². The number of halogens is 1. The summed E-state index contributed by atoms with van der Waals surface area (Å²) in [5, 5.41) is 6.82. The fourth-order valence-electron chi connectivity index (χ4n) is 2.74. The molecule has 21 heavy (non-hydrogen) atoms. The average Bonchev–Trinajstić information content (AvgIpc) is 3.05. The zero-order chi connectivity index (χ0) is 14.1. The number of hydrogen-bond acceptors (Lipinski definition) is 3. The third-order valence-corrected chi connectivity index (χ3v) is 3.81. The van der Waals surface area contributed by atoms with Crippen LogP contribution >= 0.6 is 12.4 Å². The minimum absolute atomic E-state index is 0. The summed E-state index contributed by atoms with van der Waals surface area (Å²) in [6, 6.07) is 11.9. The SMILES string of the molecule is Cc1cc(C(=O)N2C[C@@H](N)[C@H](c3ccccc3)C2)n[nH]1.Cl. The van der Waals surface area contributed by atoms with Crippen molar-refractivity contribution in [2.24, 2.45) is 5.73 Å². The Morgan fingerprint density at radius 1 is 1.33 bits per heavy atom. The van der Waals surface area contributed by atoms with Gasteiger partial charge in [-0.15, -0.1) is 12.4 Å². The molecule has 2 atom stereocenters. The smallest absolute Gasteiger partial charge is 0.274 e. The van der Waals surface area contributed by atoms with Gasteiger partial charge in [0.25, 0.3) is 5.91 Å². The number of benzene rings is 1. The van der Waals surface area contributed by atoms with E-state index in [0.717, 1.165) is 5.69 Å². The van der Waals surface area contributed by atoms with Gasteiger partial charge in [0.15, 0.2) is 0 Å². The average molecular weight is 307 g/mol. The molecule has 2 aromatic rings. The van der Waals surface area contributed by atoms with E-state index in [1.54, 1.807) is 11.0 Å². The lowest BCUT2D eigenvalue weighted by molar-refractivity contribution is 0.0783. The number of nitrogens with one attached hydrogen (secondary N) is 1. The number of nitrogens with two attached hydrogens (primary N) is 1. The molecule has 1 aliphatic heterocycles. The summed E-state index contributed by atoms with van der Waals surface area (Å²) >= 11 is 0. The molecular formula is C15H19ClN4O. The van der Waals surface area contributed by atoms with E-state index in [1.165, 1.54) is 5.56 Å². The van der Waals surface area contributed by atoms with Crippen LogP contribution in [0.4, 0.5) is 0 Å². The van der Waals surface area contributed by atoms with Gasteiger partial charge in [0, 0.05) is 30.7 Å². The van der Waals surface area contributed by atoms with Gasteiger partial charge in [-0.1, -0.05) is 30.3 Å². The number of carbonyl (C=O) groups excluding carboxylic acids is 1. The Kier molecular flexibility index (Phi) is 4.65. The van der Waals surface area contributed by atoms with Crippen LogP contribution in [0.25, 0.3) is 0 Å². The Labute approximate surface area is 129 Å². The second kappa shape index (κ2) is 6.28. The van der Waals surface area contributed by atoms with Crippen LogP contribution in [0.3, 0.4) is 0 Å². The number of aromatic amines is 1. The third kappa shape index (κ3) is 3.09. The Hall–Kier alpha value is -1.85. The molecule has 1 aliphatic rings. The first-order valence-corrected chi connectivity index (χ1v) is 6.77. The largest absolute Gasteiger partial charge is 0.335 e. The summed E-state index contributed by atoms with van der Waals surface area (Å²) < 4.78 is 0. The van der Waals surface area contributed by atoms with Gasteiger partial charge >= 0.3 is 0 Å². The quantitative estimate of drug-likeness (QED) is 0.887. The van der Waals surface area contributed by atoms with Crippen LogP contribution in [0.15, 0.2) is 36.4 Å². The van der Waals surface area contributed by atoms with Crippen molar-refractivity contribution in [1.82, 2.24) is 15.1 Å². The highest BCUT2D eigenvalue weighted by Gasteiger charge is 2.34. The number of hydrogen-bond donors (Lipinski definition) is 2. The molecule has 1 aromatic carbocycles. The Bertz CT molecular complexity index is 613. The first kappa shape index (κ1) is 15.5. The number of H-pyrrole nitrogens is 1. The van der Waals surface area contributed by atoms with Crippen molar-refractivity contribution in [3.8, 4) is 0 Å². The first-order valence-electron chi connectivity index (χ1n) is 6.77. The maximum Gasteiger partial charge on any atom is 0.274 e. The van der Waals surface area contributed by atoms with Crippen LogP contribution in [0.5, 0.6) is 0 Å². The molecule has 1 aromatic heterocycles. The molecule has 0 bridgehead atoms. The third-order valence-electron chi connectivity index (χ3n) is 3.81. The molecule has 1 fully saturated rings. The number of amides is 1. The van der Waals surface area contributed by atoms with E-state index in [9.17, 15) is 4.79 Å². The van der Waals surface area contributed by atoms with E-state index in [2.05, 4.69) is 22.3 Å². The van der Waals surface area contributed by atoms with Crippen LogP contribution in [0, 0.1) is 6.92 Å². The summed E-state index contributed by atoms with van der Waals surface area (Å²) in [7, 11) is 0. The van der Waals surface area contributed by atoms with Gasteiger partial charge in [-0.3, -0.25) is 9.89 Å². The van der Waals surface area contributed by atoms with Crippen molar-refractivity contribution in [3.05, 3.63) is 53.3 Å². The van der Waals surface area contributed by atoms with Crippen molar-refractivity contribution < 1.29 is 4.79 Å². The fraction of sp³-hybridized carbons (Fsp3) is 0.333. The zero-order valence-electron chi connectivity index (χ0n) is 11.8. The second-order valence-corrected chi connectivity index (χ2v) is 5.33. The van der Waals surface area contributed by atoms with Gasteiger partial charge in [-0.05, 0) is 18.6 Å². The highest BCUT2D eigenvalue weighted by Crippen LogP contribution is 2.27. The Morgan fingerprint density at radius 2 is 2.05 bits per heavy atom. The van der Waals surface area contributed by atoms with E-state index in [1.807, 2.05) is 25.1 Å². The predicted octanol–water partition coefficient (Wildman–Crippen LogP) is 1.71. The molecule has 0 spiro atoms. The van der Waals surface area contributed by atoms with Gasteiger partial charge in [-0.25, -0.2) is 0 Å². The van der Waals surface area contributed by atoms with Crippen molar-refractivity contribution in [1.29, 1.82) is 0 Å². The minimum Gasteiger partial charge on any atom is -0.335 e. The van der Waals surface area contributed by atoms with Crippen molar-refractivity contribution in [2.45, 2.75) is 18.9 Å². The number of aryl methyl sites for hydroxylation is 1. The molecular weight excluding hydrogens is 288 g/mol. The minimum atomic E-state index is -0.0526. The molecule has 6 heteroatoms. The van der Waals surface area contributed by atoms with Gasteiger partial charge in [0.2, 0.25) is 0 Å². The van der Waals surface area contributed by atoms with Gasteiger partial charge in [0.1, 0.15) is 5.69 Å². The van der Waals surface area contributed by atoms with Crippen LogP contribution in [-0.4, -0.2) is 40.1 Å². The zero-order valence-corrected chi connectivity index (χ0v) is 12.6. The van der Waals surface area contributed by atoms with E-state index in [-0.39, 0.29) is 30.3 Å². The first-order chi connectivity index (χ1) is 9.65. The molecule has 0 unspecified atom stereocenters. The molecule has 2 heterocycles. The molecule has 1 saturated heterocycles. The molecule has 5 nitrogen and oxygen atoms in total. The topological polar surface area (TPSA) is 75.0 Å². The monoisotopic (exact) mass is 306 g/mol. The van der Waals surface area contributed by atoms with Gasteiger partial charge in [-0.2, -0.15) is 5.10 Å². The van der Waals surface area contributed by atoms with Crippen LogP contribution in [0.2, 0.25) is 0 Å². The van der Waals surface area contributed by atoms with Crippen molar-refractivity contribution >= 4 is 18.3 Å². The molecule has 112 valence electrons. The van der Waals surface area contributed by atoms with E-state index >= 15 is 0 Å². The summed E-state index contributed by atoms with van der Waals surface area (Å²) in [4.78, 5) is 14.2. The molecule has 0 saturated carbocycles. The molecule has 0 aliphatic carbocycles. The Morgan fingerprint density at radius 3 is 2.67 bits per heavy atom. The van der Waals surface area contributed by atoms with Crippen LogP contribution < -0.4 is 5.73 Å². The highest BCUT2D eigenvalue weighted by atomic mass is 35.5. The van der Waals surface area contributed by atoms with E-state index in [0.29, 0.717) is 18.8 Å². The molecule has 1 amide bonds. The van der Waals surface area contributed by atoms with E-state index in [4.69, 9.17) is 5.73 Å². The summed E-state index contributed by atoms with van der Waals surface area (Å²) in [5.41, 5.74) is 8.74. The fourth-order valence-corrected chi connectivity index (χ4v) is 2.74. The Balaban J connectivity index is 0.00000161. The van der Waals surface area contributed by atoms with Gasteiger partial charge in [0.05, 0.1) is 0 Å². The lowest BCUT2D eigenvalue weighted by Crippen LogP contribution is -2.32. The summed E-state index contributed by atoms with van der Waals surface area (Å²) in [5.74, 6) is 0.142. The summed E-state index contributed by atoms with van der Waals surface area (Å²) in [6.07, 6.45) is 0. The lowest BCUT2D eigenvalue weighted by Gasteiger charge is -2.15.